The summed E-state index contributed by atoms with van der Waals surface area (Å²) in [5.41, 5.74) is 7.40. The van der Waals surface area contributed by atoms with E-state index in [1.807, 2.05) is 41.5 Å². The van der Waals surface area contributed by atoms with Crippen LogP contribution >= 0.6 is 0 Å². The van der Waals surface area contributed by atoms with Gasteiger partial charge in [-0.15, -0.1) is 34.9 Å². The van der Waals surface area contributed by atoms with Crippen molar-refractivity contribution in [2.24, 2.45) is 10.8 Å². The number of aromatic nitrogens is 1. The van der Waals surface area contributed by atoms with Crippen molar-refractivity contribution in [1.82, 2.24) is 4.98 Å². The Hall–Kier alpha value is -2.29. The van der Waals surface area contributed by atoms with E-state index < -0.39 is 5.41 Å². The summed E-state index contributed by atoms with van der Waals surface area (Å²) in [4.78, 5) is 16.5. The minimum absolute atomic E-state index is 0. The van der Waals surface area contributed by atoms with Crippen LogP contribution in [0.5, 0.6) is 0 Å². The van der Waals surface area contributed by atoms with Crippen LogP contribution in [0.15, 0.2) is 48.2 Å². The van der Waals surface area contributed by atoms with Crippen LogP contribution in [0.4, 0.5) is 0 Å². The Kier molecular flexibility index (Phi) is 10.7. The number of allylic oxidation sites excluding steroid dienone is 2. The summed E-state index contributed by atoms with van der Waals surface area (Å²) < 4.78 is 0. The van der Waals surface area contributed by atoms with Crippen LogP contribution in [0, 0.1) is 37.7 Å². The number of hydrogen-bond acceptors (Lipinski definition) is 3. The van der Waals surface area contributed by atoms with Gasteiger partial charge in [0.15, 0.2) is 5.78 Å². The molecule has 1 N–H and O–H groups in total. The zero-order valence-electron chi connectivity index (χ0n) is 24.7. The van der Waals surface area contributed by atoms with Gasteiger partial charge < -0.3 is 5.11 Å². The molecule has 0 amide bonds. The normalized spacial score (nSPS) is 12.5. The molecule has 3 aromatic rings. The predicted octanol–water partition coefficient (Wildman–Crippen LogP) is 9.01. The Bertz CT molecular complexity index is 1260. The van der Waals surface area contributed by atoms with E-state index in [1.54, 1.807) is 0 Å². The van der Waals surface area contributed by atoms with E-state index in [9.17, 15) is 9.90 Å². The van der Waals surface area contributed by atoms with Gasteiger partial charge in [-0.2, -0.15) is 0 Å². The number of carbonyl (C=O) groups excluding carboxylic acids is 1. The monoisotopic (exact) mass is 679 g/mol. The maximum absolute atomic E-state index is 11.5. The summed E-state index contributed by atoms with van der Waals surface area (Å²) in [6.45, 7) is 24.2. The van der Waals surface area contributed by atoms with Gasteiger partial charge in [-0.25, -0.2) is 0 Å². The van der Waals surface area contributed by atoms with Gasteiger partial charge in [0, 0.05) is 37.0 Å². The summed E-state index contributed by atoms with van der Waals surface area (Å²) in [5.74, 6) is 0.104. The molecule has 2 aromatic carbocycles. The van der Waals surface area contributed by atoms with Gasteiger partial charge in [0.05, 0.1) is 5.52 Å². The van der Waals surface area contributed by atoms with Crippen LogP contribution in [0.1, 0.15) is 84.6 Å². The van der Waals surface area contributed by atoms with Gasteiger partial charge >= 0.3 is 0 Å². The van der Waals surface area contributed by atoms with E-state index in [0.29, 0.717) is 0 Å². The van der Waals surface area contributed by atoms with Gasteiger partial charge in [-0.3, -0.25) is 9.78 Å². The Morgan fingerprint density at radius 1 is 0.838 bits per heavy atom. The Labute approximate surface area is 238 Å². The van der Waals surface area contributed by atoms with Crippen molar-refractivity contribution < 1.29 is 30.0 Å². The zero-order chi connectivity index (χ0) is 27.6. The molecule has 0 atom stereocenters. The maximum Gasteiger partial charge on any atom is 0.164 e. The third-order valence-corrected chi connectivity index (χ3v) is 5.96. The molecule has 0 aliphatic carbocycles. The van der Waals surface area contributed by atoms with Crippen molar-refractivity contribution in [2.45, 2.75) is 88.5 Å². The van der Waals surface area contributed by atoms with Crippen molar-refractivity contribution in [3.05, 3.63) is 76.6 Å². The predicted molar refractivity (Wildman–Crippen MR) is 154 cm³/mol. The molecular weight excluding hydrogens is 635 g/mol. The van der Waals surface area contributed by atoms with Crippen LogP contribution in [-0.2, 0) is 30.3 Å². The zero-order valence-corrected chi connectivity index (χ0v) is 27.1. The average Bonchev–Trinajstić information content (AvgIpc) is 2.70. The number of benzene rings is 2. The van der Waals surface area contributed by atoms with E-state index >= 15 is 0 Å². The number of rotatable bonds is 2. The molecule has 3 rings (SSSR count). The van der Waals surface area contributed by atoms with E-state index in [0.717, 1.165) is 22.3 Å². The van der Waals surface area contributed by atoms with E-state index in [-0.39, 0.29) is 42.5 Å². The standard InChI is InChI=1S/C22H24N.C11H20O2.Ir/c1-14-7-8-17-13-19(22(4,5)6)21(23-20(17)12-14)18-10-15(2)9-16(3)11-18;1-10(2,3)8(12)7-9(13)11(4,5)6;/h7-10,12-13H,1-6H3;7,12H,1-6H3;/q-1;;/b;8-7-;. The van der Waals surface area contributed by atoms with Gasteiger partial charge in [0.1, 0.15) is 5.76 Å². The second-order valence-electron chi connectivity index (χ2n) is 13.0. The number of aliphatic hydroxyl groups is 1. The van der Waals surface area contributed by atoms with Crippen LogP contribution in [-0.4, -0.2) is 15.9 Å². The van der Waals surface area contributed by atoms with Crippen molar-refractivity contribution in [1.29, 1.82) is 0 Å². The molecule has 0 fully saturated rings. The summed E-state index contributed by atoms with van der Waals surface area (Å²) in [6.07, 6.45) is 1.33. The fraction of sp³-hybridized carbons (Fsp3) is 0.455. The molecule has 0 unspecified atom stereocenters. The van der Waals surface area contributed by atoms with Crippen molar-refractivity contribution >= 4 is 16.7 Å². The van der Waals surface area contributed by atoms with Gasteiger partial charge in [0.25, 0.3) is 0 Å². The molecule has 0 aliphatic rings. The molecule has 203 valence electrons. The van der Waals surface area contributed by atoms with Crippen LogP contribution in [0.2, 0.25) is 0 Å². The third kappa shape index (κ3) is 9.20. The summed E-state index contributed by atoms with van der Waals surface area (Å²) >= 11 is 0. The number of aliphatic hydroxyl groups excluding tert-OH is 1. The first-order chi connectivity index (χ1) is 16.3. The molecule has 0 spiro atoms. The fourth-order valence-corrected chi connectivity index (χ4v) is 3.63. The quantitative estimate of drug-likeness (QED) is 0.167. The first-order valence-corrected chi connectivity index (χ1v) is 12.7. The molecule has 4 heteroatoms. The first kappa shape index (κ1) is 32.7. The molecule has 37 heavy (non-hydrogen) atoms. The molecule has 0 bridgehead atoms. The van der Waals surface area contributed by atoms with Crippen LogP contribution in [0.3, 0.4) is 0 Å². The largest absolute Gasteiger partial charge is 0.512 e. The molecule has 0 aliphatic heterocycles. The van der Waals surface area contributed by atoms with E-state index in [2.05, 4.69) is 84.0 Å². The minimum atomic E-state index is -0.417. The van der Waals surface area contributed by atoms with Crippen LogP contribution < -0.4 is 0 Å². The third-order valence-electron chi connectivity index (χ3n) is 5.96. The number of nitrogens with zero attached hydrogens (tertiary/aromatic N) is 1. The number of carbonyl (C=O) groups is 1. The van der Waals surface area contributed by atoms with Crippen molar-refractivity contribution in [3.63, 3.8) is 0 Å². The number of ketones is 1. The molecule has 1 aromatic heterocycles. The smallest absolute Gasteiger partial charge is 0.164 e. The first-order valence-electron chi connectivity index (χ1n) is 12.7. The SMILES string of the molecule is CC(C)(C)C(=O)/C=C(\O)C(C)(C)C.Cc1[c-]c(-c2nc3cc(C)ccc3cc2C(C)(C)C)cc(C)c1.[Ir]. The second-order valence-corrected chi connectivity index (χ2v) is 13.0. The van der Waals surface area contributed by atoms with Gasteiger partial charge in [0.2, 0.25) is 0 Å². The summed E-state index contributed by atoms with van der Waals surface area (Å²) in [7, 11) is 0. The topological polar surface area (TPSA) is 50.2 Å². The van der Waals surface area contributed by atoms with E-state index in [1.165, 1.54) is 28.2 Å². The Balaban J connectivity index is 0.000000423. The van der Waals surface area contributed by atoms with Gasteiger partial charge in [-0.1, -0.05) is 99.9 Å². The molecular formula is C33H44IrNO2-. The summed E-state index contributed by atoms with van der Waals surface area (Å²) in [6, 6.07) is 16.6. The minimum Gasteiger partial charge on any atom is -0.512 e. The molecule has 0 saturated carbocycles. The van der Waals surface area contributed by atoms with Gasteiger partial charge in [-0.05, 0) is 35.0 Å². The van der Waals surface area contributed by atoms with Crippen molar-refractivity contribution in [2.75, 3.05) is 0 Å². The summed E-state index contributed by atoms with van der Waals surface area (Å²) in [5, 5.41) is 10.8. The Morgan fingerprint density at radius 3 is 1.92 bits per heavy atom. The Morgan fingerprint density at radius 2 is 1.43 bits per heavy atom. The fourth-order valence-electron chi connectivity index (χ4n) is 3.63. The second kappa shape index (κ2) is 12.0. The molecule has 0 saturated heterocycles. The van der Waals surface area contributed by atoms with Crippen molar-refractivity contribution in [3.8, 4) is 11.3 Å². The number of aryl methyl sites for hydroxylation is 3. The molecule has 1 heterocycles. The average molecular weight is 679 g/mol. The number of fused-ring (bicyclic) bond motifs is 1. The molecule has 1 radical (unpaired) electrons. The van der Waals surface area contributed by atoms with E-state index in [4.69, 9.17) is 4.98 Å². The maximum atomic E-state index is 11.5. The molecule has 3 nitrogen and oxygen atoms in total. The van der Waals surface area contributed by atoms with Crippen LogP contribution in [0.25, 0.3) is 22.2 Å². The number of hydrogen-bond donors (Lipinski definition) is 1. The number of pyridine rings is 1.